The molecule has 2 rings (SSSR count). The van der Waals surface area contributed by atoms with Gasteiger partial charge in [0.05, 0.1) is 27.4 Å². The molecule has 0 aliphatic carbocycles. The van der Waals surface area contributed by atoms with Gasteiger partial charge in [0.2, 0.25) is 0 Å². The van der Waals surface area contributed by atoms with Crippen molar-refractivity contribution in [2.75, 3.05) is 33.9 Å². The van der Waals surface area contributed by atoms with E-state index < -0.39 is 0 Å². The van der Waals surface area contributed by atoms with E-state index in [-0.39, 0.29) is 5.97 Å². The smallest absolute Gasteiger partial charge is 0.361 e. The molecule has 0 aromatic heterocycles. The molecule has 0 saturated heterocycles. The van der Waals surface area contributed by atoms with Crippen LogP contribution in [-0.4, -0.2) is 39.9 Å². The highest BCUT2D eigenvalue weighted by Crippen LogP contribution is 2.31. The molecule has 0 spiro atoms. The van der Waals surface area contributed by atoms with Crippen LogP contribution < -0.4 is 14.4 Å². The molecule has 0 amide bonds. The van der Waals surface area contributed by atoms with E-state index in [1.165, 1.54) is 16.0 Å². The third-order valence-electron chi connectivity index (χ3n) is 3.59. The minimum atomic E-state index is -0.133. The molecule has 1 aromatic rings. The summed E-state index contributed by atoms with van der Waals surface area (Å²) in [4.78, 5) is 12.8. The zero-order valence-electron chi connectivity index (χ0n) is 12.3. The highest BCUT2D eigenvalue weighted by molar-refractivity contribution is 5.70. The summed E-state index contributed by atoms with van der Waals surface area (Å²) in [5.41, 5.74) is 2.49. The van der Waals surface area contributed by atoms with Crippen LogP contribution in [0.4, 0.5) is 0 Å². The Kier molecular flexibility index (Phi) is 4.84. The number of hydrogen-bond donors (Lipinski definition) is 1. The lowest BCUT2D eigenvalue weighted by Crippen LogP contribution is -3.12. The standard InChI is InChI=1S/C15H21NO4/c1-4-20-15(17)10-16-6-5-11-7-13(18-2)14(19-3)8-12(11)9-16/h7-8H,4-6,9-10H2,1-3H3/p+1. The molecule has 1 aliphatic rings. The summed E-state index contributed by atoms with van der Waals surface area (Å²) in [6, 6.07) is 4.05. The van der Waals surface area contributed by atoms with E-state index in [9.17, 15) is 4.79 Å². The lowest BCUT2D eigenvalue weighted by Gasteiger charge is -2.26. The molecule has 1 heterocycles. The van der Waals surface area contributed by atoms with Gasteiger partial charge in [0.25, 0.3) is 0 Å². The number of fused-ring (bicyclic) bond motifs is 1. The predicted octanol–water partition coefficient (Wildman–Crippen LogP) is 0.208. The Morgan fingerprint density at radius 1 is 1.20 bits per heavy atom. The molecule has 1 unspecified atom stereocenters. The van der Waals surface area contributed by atoms with Crippen LogP contribution in [0.5, 0.6) is 11.5 Å². The minimum Gasteiger partial charge on any atom is -0.493 e. The second-order valence-corrected chi connectivity index (χ2v) is 4.88. The molecule has 20 heavy (non-hydrogen) atoms. The molecule has 0 fully saturated rings. The fourth-order valence-electron chi connectivity index (χ4n) is 2.60. The summed E-state index contributed by atoms with van der Waals surface area (Å²) in [6.07, 6.45) is 0.935. The van der Waals surface area contributed by atoms with Crippen LogP contribution in [0, 0.1) is 0 Å². The number of nitrogens with one attached hydrogen (secondary N) is 1. The average Bonchev–Trinajstić information content (AvgIpc) is 2.45. The van der Waals surface area contributed by atoms with Crippen molar-refractivity contribution >= 4 is 5.97 Å². The topological polar surface area (TPSA) is 49.2 Å². The van der Waals surface area contributed by atoms with E-state index in [0.717, 1.165) is 31.0 Å². The van der Waals surface area contributed by atoms with Gasteiger partial charge in [-0.2, -0.15) is 0 Å². The van der Waals surface area contributed by atoms with Gasteiger partial charge in [0.15, 0.2) is 18.0 Å². The van der Waals surface area contributed by atoms with Crippen molar-refractivity contribution in [1.82, 2.24) is 0 Å². The molecule has 1 aliphatic heterocycles. The van der Waals surface area contributed by atoms with Crippen LogP contribution in [0.1, 0.15) is 18.1 Å². The molecule has 1 atom stereocenters. The number of hydrogen-bond acceptors (Lipinski definition) is 4. The molecule has 5 heteroatoms. The number of carbonyl (C=O) groups excluding carboxylic acids is 1. The van der Waals surface area contributed by atoms with Crippen LogP contribution in [0.2, 0.25) is 0 Å². The van der Waals surface area contributed by atoms with Gasteiger partial charge in [0.1, 0.15) is 6.54 Å². The maximum Gasteiger partial charge on any atom is 0.361 e. The largest absolute Gasteiger partial charge is 0.493 e. The van der Waals surface area contributed by atoms with Gasteiger partial charge in [-0.3, -0.25) is 0 Å². The first-order chi connectivity index (χ1) is 9.67. The quantitative estimate of drug-likeness (QED) is 0.783. The zero-order chi connectivity index (χ0) is 14.5. The molecular formula is C15H22NO4+. The normalized spacial score (nSPS) is 17.2. The van der Waals surface area contributed by atoms with Gasteiger partial charge in [-0.1, -0.05) is 0 Å². The Morgan fingerprint density at radius 3 is 2.45 bits per heavy atom. The number of benzene rings is 1. The van der Waals surface area contributed by atoms with Gasteiger partial charge in [0, 0.05) is 12.0 Å². The van der Waals surface area contributed by atoms with Crippen molar-refractivity contribution in [3.8, 4) is 11.5 Å². The molecular weight excluding hydrogens is 258 g/mol. The Morgan fingerprint density at radius 2 is 1.85 bits per heavy atom. The van der Waals surface area contributed by atoms with Gasteiger partial charge in [-0.05, 0) is 24.6 Å². The van der Waals surface area contributed by atoms with Crippen LogP contribution >= 0.6 is 0 Å². The predicted molar refractivity (Wildman–Crippen MR) is 74.3 cm³/mol. The van der Waals surface area contributed by atoms with E-state index >= 15 is 0 Å². The maximum atomic E-state index is 11.6. The highest BCUT2D eigenvalue weighted by Gasteiger charge is 2.24. The number of methoxy groups -OCH3 is 2. The Bertz CT molecular complexity index is 487. The molecule has 110 valence electrons. The summed E-state index contributed by atoms with van der Waals surface area (Å²) in [7, 11) is 3.28. The van der Waals surface area contributed by atoms with Gasteiger partial charge in [-0.25, -0.2) is 4.79 Å². The lowest BCUT2D eigenvalue weighted by atomic mass is 9.99. The molecule has 5 nitrogen and oxygen atoms in total. The van der Waals surface area contributed by atoms with E-state index in [4.69, 9.17) is 14.2 Å². The first kappa shape index (κ1) is 14.7. The van der Waals surface area contributed by atoms with Crippen molar-refractivity contribution in [2.45, 2.75) is 19.9 Å². The van der Waals surface area contributed by atoms with Crippen LogP contribution in [0.15, 0.2) is 12.1 Å². The number of carbonyl (C=O) groups is 1. The SMILES string of the molecule is CCOC(=O)C[NH+]1CCc2cc(OC)c(OC)cc2C1. The first-order valence-electron chi connectivity index (χ1n) is 6.90. The monoisotopic (exact) mass is 280 g/mol. The minimum absolute atomic E-state index is 0.133. The second-order valence-electron chi connectivity index (χ2n) is 4.88. The first-order valence-corrected chi connectivity index (χ1v) is 6.90. The van der Waals surface area contributed by atoms with Gasteiger partial charge >= 0.3 is 5.97 Å². The van der Waals surface area contributed by atoms with Crippen LogP contribution in [-0.2, 0) is 22.5 Å². The fourth-order valence-corrected chi connectivity index (χ4v) is 2.60. The lowest BCUT2D eigenvalue weighted by molar-refractivity contribution is -0.908. The van der Waals surface area contributed by atoms with Gasteiger partial charge in [-0.15, -0.1) is 0 Å². The van der Waals surface area contributed by atoms with Gasteiger partial charge < -0.3 is 19.1 Å². The molecule has 1 aromatic carbocycles. The van der Waals surface area contributed by atoms with Crippen molar-refractivity contribution in [2.24, 2.45) is 0 Å². The summed E-state index contributed by atoms with van der Waals surface area (Å²) in [5.74, 6) is 1.37. The Balaban J connectivity index is 2.11. The second kappa shape index (κ2) is 6.61. The molecule has 0 bridgehead atoms. The van der Waals surface area contributed by atoms with Crippen molar-refractivity contribution in [1.29, 1.82) is 0 Å². The average molecular weight is 280 g/mol. The van der Waals surface area contributed by atoms with Crippen LogP contribution in [0.25, 0.3) is 0 Å². The summed E-state index contributed by atoms with van der Waals surface area (Å²) in [6.45, 7) is 4.43. The molecule has 0 radical (unpaired) electrons. The number of rotatable bonds is 5. The fraction of sp³-hybridized carbons (Fsp3) is 0.533. The van der Waals surface area contributed by atoms with Crippen LogP contribution in [0.3, 0.4) is 0 Å². The summed E-state index contributed by atoms with van der Waals surface area (Å²) >= 11 is 0. The zero-order valence-corrected chi connectivity index (χ0v) is 12.3. The molecule has 1 N–H and O–H groups in total. The van der Waals surface area contributed by atoms with Crippen molar-refractivity contribution < 1.29 is 23.9 Å². The number of ether oxygens (including phenoxy) is 3. The van der Waals surface area contributed by atoms with E-state index in [1.54, 1.807) is 14.2 Å². The Labute approximate surface area is 119 Å². The van der Waals surface area contributed by atoms with E-state index in [0.29, 0.717) is 13.2 Å². The maximum absolute atomic E-state index is 11.6. The Hall–Kier alpha value is -1.75. The van der Waals surface area contributed by atoms with Crippen molar-refractivity contribution in [3.05, 3.63) is 23.3 Å². The number of esters is 1. The highest BCUT2D eigenvalue weighted by atomic mass is 16.5. The third-order valence-corrected chi connectivity index (χ3v) is 3.59. The summed E-state index contributed by atoms with van der Waals surface area (Å²) < 4.78 is 15.7. The van der Waals surface area contributed by atoms with E-state index in [1.807, 2.05) is 19.1 Å². The van der Waals surface area contributed by atoms with Crippen molar-refractivity contribution in [3.63, 3.8) is 0 Å². The third kappa shape index (κ3) is 3.22. The van der Waals surface area contributed by atoms with E-state index in [2.05, 4.69) is 0 Å². The summed E-state index contributed by atoms with van der Waals surface area (Å²) in [5, 5.41) is 0. The number of quaternary nitrogens is 1. The molecule has 0 saturated carbocycles.